The summed E-state index contributed by atoms with van der Waals surface area (Å²) in [4.78, 5) is 12.7. The lowest BCUT2D eigenvalue weighted by molar-refractivity contribution is -0.171. The van der Waals surface area contributed by atoms with Gasteiger partial charge >= 0.3 is 5.97 Å². The molecule has 0 heterocycles. The fourth-order valence-electron chi connectivity index (χ4n) is 5.32. The highest BCUT2D eigenvalue weighted by Crippen LogP contribution is 2.64. The van der Waals surface area contributed by atoms with Crippen molar-refractivity contribution >= 4 is 40.8 Å². The van der Waals surface area contributed by atoms with Gasteiger partial charge in [0.25, 0.3) is 0 Å². The zero-order chi connectivity index (χ0) is 16.2. The van der Waals surface area contributed by atoms with E-state index in [9.17, 15) is 4.79 Å². The SMILES string of the molecule is O=C(OCc1ccc(Cl)c(Cl)c1)C12C[C@@H]3C[C@@H](CC(Cl)(C3)C1)C2. The Balaban J connectivity index is 1.47. The fourth-order valence-corrected chi connectivity index (χ4v) is 6.33. The second-order valence-electron chi connectivity index (χ2n) is 7.72. The van der Waals surface area contributed by atoms with Crippen LogP contribution >= 0.6 is 34.8 Å². The van der Waals surface area contributed by atoms with Crippen LogP contribution in [-0.2, 0) is 16.1 Å². The van der Waals surface area contributed by atoms with E-state index in [1.54, 1.807) is 12.1 Å². The number of ether oxygens (including phenoxy) is 1. The lowest BCUT2D eigenvalue weighted by Crippen LogP contribution is -2.56. The minimum absolute atomic E-state index is 0.0808. The Bertz CT molecular complexity index is 644. The predicted molar refractivity (Wildman–Crippen MR) is 92.0 cm³/mol. The van der Waals surface area contributed by atoms with Crippen LogP contribution < -0.4 is 0 Å². The molecule has 4 saturated carbocycles. The second kappa shape index (κ2) is 5.54. The van der Waals surface area contributed by atoms with Gasteiger partial charge < -0.3 is 4.74 Å². The van der Waals surface area contributed by atoms with Crippen LogP contribution in [0.2, 0.25) is 10.0 Å². The third kappa shape index (κ3) is 2.88. The first-order valence-corrected chi connectivity index (χ1v) is 9.31. The van der Waals surface area contributed by atoms with Crippen molar-refractivity contribution in [2.45, 2.75) is 50.0 Å². The van der Waals surface area contributed by atoms with Gasteiger partial charge in [0, 0.05) is 4.87 Å². The Morgan fingerprint density at radius 1 is 1.13 bits per heavy atom. The Morgan fingerprint density at radius 2 is 1.83 bits per heavy atom. The number of hydrogen-bond donors (Lipinski definition) is 0. The third-order valence-corrected chi connectivity index (χ3v) is 6.96. The lowest BCUT2D eigenvalue weighted by atomic mass is 9.49. The van der Waals surface area contributed by atoms with Gasteiger partial charge in [0.15, 0.2) is 0 Å². The van der Waals surface area contributed by atoms with E-state index in [-0.39, 0.29) is 22.9 Å². The molecule has 0 N–H and O–H groups in total. The minimum Gasteiger partial charge on any atom is -0.460 e. The van der Waals surface area contributed by atoms with Crippen LogP contribution in [0.1, 0.15) is 44.1 Å². The van der Waals surface area contributed by atoms with Gasteiger partial charge in [0.2, 0.25) is 0 Å². The van der Waals surface area contributed by atoms with Gasteiger partial charge in [0.1, 0.15) is 6.61 Å². The van der Waals surface area contributed by atoms with Crippen molar-refractivity contribution in [2.24, 2.45) is 17.3 Å². The van der Waals surface area contributed by atoms with Crippen LogP contribution in [0.5, 0.6) is 0 Å². The average molecular weight is 374 g/mol. The molecular weight excluding hydrogens is 355 g/mol. The summed E-state index contributed by atoms with van der Waals surface area (Å²) in [6, 6.07) is 5.32. The molecular formula is C18H19Cl3O2. The van der Waals surface area contributed by atoms with Crippen LogP contribution in [0.4, 0.5) is 0 Å². The first-order chi connectivity index (χ1) is 10.9. The topological polar surface area (TPSA) is 26.3 Å². The van der Waals surface area contributed by atoms with Gasteiger partial charge in [-0.25, -0.2) is 0 Å². The minimum atomic E-state index is -0.359. The summed E-state index contributed by atoms with van der Waals surface area (Å²) in [5.41, 5.74) is 0.500. The van der Waals surface area contributed by atoms with Gasteiger partial charge in [-0.3, -0.25) is 4.79 Å². The summed E-state index contributed by atoms with van der Waals surface area (Å²) in [5, 5.41) is 0.988. The fraction of sp³-hybridized carbons (Fsp3) is 0.611. The molecule has 5 rings (SSSR count). The van der Waals surface area contributed by atoms with E-state index in [1.807, 2.05) is 6.07 Å². The molecule has 23 heavy (non-hydrogen) atoms. The van der Waals surface area contributed by atoms with Crippen LogP contribution in [0.3, 0.4) is 0 Å². The molecule has 1 aromatic rings. The lowest BCUT2D eigenvalue weighted by Gasteiger charge is -2.58. The Hall–Kier alpha value is -0.440. The molecule has 124 valence electrons. The summed E-state index contributed by atoms with van der Waals surface area (Å²) >= 11 is 18.7. The van der Waals surface area contributed by atoms with E-state index < -0.39 is 0 Å². The Morgan fingerprint density at radius 3 is 2.43 bits per heavy atom. The standard InChI is InChI=1S/C18H19Cl3O2/c19-14-2-1-11(4-15(14)20)9-23-16(22)17-5-12-3-13(6-17)8-18(21,7-12)10-17/h1-2,4,12-13H,3,5-10H2/t12-,13+,17?,18?. The van der Waals surface area contributed by atoms with E-state index in [4.69, 9.17) is 39.5 Å². The molecule has 4 aliphatic rings. The molecule has 0 aromatic heterocycles. The normalized spacial score (nSPS) is 37.9. The molecule has 0 saturated heterocycles. The van der Waals surface area contributed by atoms with Gasteiger partial charge in [-0.2, -0.15) is 0 Å². The predicted octanol–water partition coefficient (Wildman–Crippen LogP) is 5.61. The summed E-state index contributed by atoms with van der Waals surface area (Å²) in [6.07, 6.45) is 6.02. The first-order valence-electron chi connectivity index (χ1n) is 8.18. The van der Waals surface area contributed by atoms with Gasteiger partial charge in [-0.1, -0.05) is 29.3 Å². The molecule has 4 atom stereocenters. The number of esters is 1. The number of carbonyl (C=O) groups is 1. The third-order valence-electron chi connectivity index (χ3n) is 5.78. The maximum absolute atomic E-state index is 12.8. The first kappa shape index (κ1) is 16.1. The van der Waals surface area contributed by atoms with Crippen LogP contribution in [-0.4, -0.2) is 10.8 Å². The van der Waals surface area contributed by atoms with Crippen molar-refractivity contribution in [1.29, 1.82) is 0 Å². The molecule has 4 bridgehead atoms. The second-order valence-corrected chi connectivity index (χ2v) is 9.33. The molecule has 0 radical (unpaired) electrons. The number of hydrogen-bond acceptors (Lipinski definition) is 2. The summed E-state index contributed by atoms with van der Waals surface area (Å²) in [7, 11) is 0. The van der Waals surface area contributed by atoms with E-state index >= 15 is 0 Å². The Kier molecular flexibility index (Phi) is 3.87. The monoisotopic (exact) mass is 372 g/mol. The van der Waals surface area contributed by atoms with E-state index in [0.717, 1.165) is 37.7 Å². The van der Waals surface area contributed by atoms with Crippen molar-refractivity contribution in [3.63, 3.8) is 0 Å². The molecule has 0 spiro atoms. The van der Waals surface area contributed by atoms with Crippen molar-refractivity contribution in [2.75, 3.05) is 0 Å². The zero-order valence-corrected chi connectivity index (χ0v) is 15.1. The highest BCUT2D eigenvalue weighted by atomic mass is 35.5. The summed E-state index contributed by atoms with van der Waals surface area (Å²) in [6.45, 7) is 0.238. The van der Waals surface area contributed by atoms with Crippen molar-refractivity contribution in [1.82, 2.24) is 0 Å². The number of alkyl halides is 1. The Labute approximate surface area is 151 Å². The van der Waals surface area contributed by atoms with E-state index in [1.165, 1.54) is 6.42 Å². The molecule has 1 aromatic carbocycles. The van der Waals surface area contributed by atoms with Crippen molar-refractivity contribution in [3.8, 4) is 0 Å². The number of rotatable bonds is 3. The number of halogens is 3. The highest BCUT2D eigenvalue weighted by molar-refractivity contribution is 6.42. The molecule has 2 unspecified atom stereocenters. The van der Waals surface area contributed by atoms with Gasteiger partial charge in [-0.05, 0) is 68.1 Å². The highest BCUT2D eigenvalue weighted by Gasteiger charge is 2.60. The molecule has 0 aliphatic heterocycles. The quantitative estimate of drug-likeness (QED) is 0.508. The largest absolute Gasteiger partial charge is 0.460 e. The number of carbonyl (C=O) groups excluding carboxylic acids is 1. The molecule has 4 fully saturated rings. The summed E-state index contributed by atoms with van der Waals surface area (Å²) in [5.74, 6) is 1.10. The van der Waals surface area contributed by atoms with Gasteiger partial charge in [-0.15, -0.1) is 11.6 Å². The molecule has 5 heteroatoms. The van der Waals surface area contributed by atoms with Crippen LogP contribution in [0.25, 0.3) is 0 Å². The van der Waals surface area contributed by atoms with Gasteiger partial charge in [0.05, 0.1) is 15.5 Å². The smallest absolute Gasteiger partial charge is 0.312 e. The van der Waals surface area contributed by atoms with E-state index in [0.29, 0.717) is 21.9 Å². The maximum atomic E-state index is 12.8. The van der Waals surface area contributed by atoms with E-state index in [2.05, 4.69) is 0 Å². The number of benzene rings is 1. The molecule has 4 aliphatic carbocycles. The maximum Gasteiger partial charge on any atom is 0.312 e. The zero-order valence-electron chi connectivity index (χ0n) is 12.8. The molecule has 2 nitrogen and oxygen atoms in total. The molecule has 0 amide bonds. The average Bonchev–Trinajstić information content (AvgIpc) is 2.45. The van der Waals surface area contributed by atoms with Crippen molar-refractivity contribution < 1.29 is 9.53 Å². The van der Waals surface area contributed by atoms with Crippen LogP contribution in [0.15, 0.2) is 18.2 Å². The van der Waals surface area contributed by atoms with Crippen molar-refractivity contribution in [3.05, 3.63) is 33.8 Å². The summed E-state index contributed by atoms with van der Waals surface area (Å²) < 4.78 is 5.65. The van der Waals surface area contributed by atoms with Crippen LogP contribution in [0, 0.1) is 17.3 Å².